The Morgan fingerprint density at radius 3 is 1.76 bits per heavy atom. The fourth-order valence-electron chi connectivity index (χ4n) is 4.95. The normalized spacial score (nSPS) is 12.3. The fraction of sp³-hybridized carbons (Fsp3) is 0.455. The smallest absolute Gasteiger partial charge is 0.142 e. The minimum atomic E-state index is -0.198. The molecule has 0 fully saturated rings. The Labute approximate surface area is 224 Å². The summed E-state index contributed by atoms with van der Waals surface area (Å²) in [5, 5.41) is 23.1. The van der Waals surface area contributed by atoms with Crippen molar-refractivity contribution in [3.8, 4) is 22.6 Å². The number of aromatic hydroxyl groups is 2. The molecule has 0 spiro atoms. The highest BCUT2D eigenvalue weighted by Crippen LogP contribution is 2.47. The number of phenolic OH excluding ortho intramolecular Hbond substituents is 2. The maximum Gasteiger partial charge on any atom is 0.142 e. The number of anilines is 2. The summed E-state index contributed by atoms with van der Waals surface area (Å²) in [5.41, 5.74) is 7.26. The van der Waals surface area contributed by atoms with Crippen molar-refractivity contribution in [1.29, 1.82) is 0 Å². The molecule has 0 saturated heterocycles. The Kier molecular flexibility index (Phi) is 8.34. The molecule has 37 heavy (non-hydrogen) atoms. The Bertz CT molecular complexity index is 1250. The molecule has 0 bridgehead atoms. The first kappa shape index (κ1) is 28.6. The first-order chi connectivity index (χ1) is 17.1. The van der Waals surface area contributed by atoms with E-state index < -0.39 is 0 Å². The summed E-state index contributed by atoms with van der Waals surface area (Å²) in [5.74, 6) is 0.643. The van der Waals surface area contributed by atoms with Crippen LogP contribution in [-0.4, -0.2) is 42.3 Å². The molecule has 3 rings (SSSR count). The van der Waals surface area contributed by atoms with E-state index in [0.717, 1.165) is 64.3 Å². The molecule has 3 aromatic rings. The first-order valence-corrected chi connectivity index (χ1v) is 13.3. The van der Waals surface area contributed by atoms with Crippen LogP contribution in [0.4, 0.5) is 11.4 Å². The second-order valence-corrected chi connectivity index (χ2v) is 12.7. The highest BCUT2D eigenvalue weighted by atomic mass is 16.3. The van der Waals surface area contributed by atoms with Crippen molar-refractivity contribution in [1.82, 2.24) is 4.90 Å². The molecule has 0 unspecified atom stereocenters. The number of hydrogen-bond acceptors (Lipinski definition) is 4. The second-order valence-electron chi connectivity index (χ2n) is 12.7. The van der Waals surface area contributed by atoms with Crippen molar-refractivity contribution in [3.63, 3.8) is 0 Å². The Morgan fingerprint density at radius 2 is 1.19 bits per heavy atom. The number of rotatable bonds is 7. The summed E-state index contributed by atoms with van der Waals surface area (Å²) < 4.78 is 0. The van der Waals surface area contributed by atoms with Crippen LogP contribution in [0.3, 0.4) is 0 Å². The van der Waals surface area contributed by atoms with E-state index in [-0.39, 0.29) is 10.8 Å². The highest BCUT2D eigenvalue weighted by molar-refractivity contribution is 5.87. The molecular formula is C33H46N2O2. The van der Waals surface area contributed by atoms with Gasteiger partial charge in [0.2, 0.25) is 0 Å². The van der Waals surface area contributed by atoms with Gasteiger partial charge >= 0.3 is 0 Å². The summed E-state index contributed by atoms with van der Waals surface area (Å²) in [6.07, 6.45) is 0.923. The van der Waals surface area contributed by atoms with Crippen LogP contribution in [0, 0.1) is 13.8 Å². The van der Waals surface area contributed by atoms with E-state index in [2.05, 4.69) is 116 Å². The zero-order valence-electron chi connectivity index (χ0n) is 24.5. The average molecular weight is 503 g/mol. The number of hydrogen-bond donors (Lipinski definition) is 2. The van der Waals surface area contributed by atoms with Crippen LogP contribution in [0.25, 0.3) is 11.1 Å². The van der Waals surface area contributed by atoms with Crippen LogP contribution in [0.15, 0.2) is 48.5 Å². The lowest BCUT2D eigenvalue weighted by molar-refractivity contribution is 0.402. The van der Waals surface area contributed by atoms with E-state index in [1.54, 1.807) is 0 Å². The molecule has 200 valence electrons. The lowest BCUT2D eigenvalue weighted by atomic mass is 9.83. The van der Waals surface area contributed by atoms with Crippen LogP contribution in [0.2, 0.25) is 0 Å². The van der Waals surface area contributed by atoms with Crippen LogP contribution in [0.1, 0.15) is 70.2 Å². The number of nitrogens with zero attached hydrogens (tertiary/aromatic N) is 2. The second kappa shape index (κ2) is 10.8. The summed E-state index contributed by atoms with van der Waals surface area (Å²) in [6.45, 7) is 18.6. The standard InChI is InChI=1S/C33H46N2O2/c1-22-18-25(30(36)26(19-22)32(3,4)5)24-14-11-12-15-28(24)35(17-13-16-34(9)10)29-21-23(2)20-27(31(29)37)33(6,7)8/h11-12,14-15,18-21,36-37H,13,16-17H2,1-10H3. The highest BCUT2D eigenvalue weighted by Gasteiger charge is 2.27. The third-order valence-electron chi connectivity index (χ3n) is 6.87. The van der Waals surface area contributed by atoms with E-state index in [4.69, 9.17) is 0 Å². The predicted octanol–water partition coefficient (Wildman–Crippen LogP) is 8.07. The molecule has 4 nitrogen and oxygen atoms in total. The summed E-state index contributed by atoms with van der Waals surface area (Å²) >= 11 is 0. The molecule has 0 aromatic heterocycles. The monoisotopic (exact) mass is 502 g/mol. The predicted molar refractivity (Wildman–Crippen MR) is 159 cm³/mol. The Morgan fingerprint density at radius 1 is 0.649 bits per heavy atom. The van der Waals surface area contributed by atoms with Gasteiger partial charge in [-0.15, -0.1) is 0 Å². The zero-order valence-corrected chi connectivity index (χ0v) is 24.5. The fourth-order valence-corrected chi connectivity index (χ4v) is 4.95. The molecule has 4 heteroatoms. The van der Waals surface area contributed by atoms with Crippen molar-refractivity contribution >= 4 is 11.4 Å². The van der Waals surface area contributed by atoms with Crippen LogP contribution in [0.5, 0.6) is 11.5 Å². The van der Waals surface area contributed by atoms with Gasteiger partial charge in [-0.25, -0.2) is 0 Å². The lowest BCUT2D eigenvalue weighted by Crippen LogP contribution is -2.24. The first-order valence-electron chi connectivity index (χ1n) is 13.3. The van der Waals surface area contributed by atoms with Gasteiger partial charge in [0, 0.05) is 34.5 Å². The zero-order chi connectivity index (χ0) is 27.7. The van der Waals surface area contributed by atoms with Gasteiger partial charge in [0.25, 0.3) is 0 Å². The van der Waals surface area contributed by atoms with Crippen molar-refractivity contribution in [3.05, 3.63) is 70.8 Å². The van der Waals surface area contributed by atoms with Crippen LogP contribution >= 0.6 is 0 Å². The van der Waals surface area contributed by atoms with Gasteiger partial charge in [-0.1, -0.05) is 71.9 Å². The molecule has 0 atom stereocenters. The van der Waals surface area contributed by atoms with Gasteiger partial charge < -0.3 is 20.0 Å². The SMILES string of the molecule is Cc1cc(-c2ccccc2N(CCCN(C)C)c2cc(C)cc(C(C)(C)C)c2O)c(O)c(C(C)(C)C)c1. The molecule has 0 saturated carbocycles. The van der Waals surface area contributed by atoms with E-state index in [9.17, 15) is 10.2 Å². The summed E-state index contributed by atoms with van der Waals surface area (Å²) in [4.78, 5) is 4.41. The quantitative estimate of drug-likeness (QED) is 0.343. The molecule has 0 amide bonds. The summed E-state index contributed by atoms with van der Waals surface area (Å²) in [7, 11) is 4.16. The van der Waals surface area contributed by atoms with Gasteiger partial charge in [-0.2, -0.15) is 0 Å². The van der Waals surface area contributed by atoms with Crippen LogP contribution < -0.4 is 4.90 Å². The van der Waals surface area contributed by atoms with Gasteiger partial charge in [0.15, 0.2) is 0 Å². The molecule has 0 aliphatic carbocycles. The molecule has 0 aliphatic rings. The molecule has 0 radical (unpaired) electrons. The third kappa shape index (κ3) is 6.48. The van der Waals surface area contributed by atoms with Gasteiger partial charge in [0.05, 0.1) is 5.69 Å². The van der Waals surface area contributed by atoms with E-state index in [0.29, 0.717) is 11.5 Å². The molecule has 0 heterocycles. The maximum atomic E-state index is 11.6. The average Bonchev–Trinajstić information content (AvgIpc) is 2.78. The van der Waals surface area contributed by atoms with Gasteiger partial charge in [-0.05, 0) is 81.1 Å². The number of benzene rings is 3. The maximum absolute atomic E-state index is 11.6. The minimum Gasteiger partial charge on any atom is -0.507 e. The lowest BCUT2D eigenvalue weighted by Gasteiger charge is -2.32. The molecule has 0 aliphatic heterocycles. The van der Waals surface area contributed by atoms with E-state index in [1.807, 2.05) is 12.1 Å². The van der Waals surface area contributed by atoms with Crippen LogP contribution in [-0.2, 0) is 10.8 Å². The molecular weight excluding hydrogens is 456 g/mol. The molecule has 3 aromatic carbocycles. The van der Waals surface area contributed by atoms with E-state index in [1.165, 1.54) is 0 Å². The Hall–Kier alpha value is -2.98. The van der Waals surface area contributed by atoms with E-state index >= 15 is 0 Å². The summed E-state index contributed by atoms with van der Waals surface area (Å²) in [6, 6.07) is 16.5. The van der Waals surface area contributed by atoms with Crippen molar-refractivity contribution in [2.24, 2.45) is 0 Å². The number of aryl methyl sites for hydroxylation is 2. The Balaban J connectivity index is 2.30. The van der Waals surface area contributed by atoms with Crippen molar-refractivity contribution in [2.75, 3.05) is 32.1 Å². The number of para-hydroxylation sites is 1. The van der Waals surface area contributed by atoms with Crippen molar-refractivity contribution in [2.45, 2.75) is 72.6 Å². The topological polar surface area (TPSA) is 46.9 Å². The minimum absolute atomic E-state index is 0.193. The van der Waals surface area contributed by atoms with Gasteiger partial charge in [0.1, 0.15) is 11.5 Å². The molecule has 2 N–H and O–H groups in total. The van der Waals surface area contributed by atoms with Crippen molar-refractivity contribution < 1.29 is 10.2 Å². The number of phenols is 2. The van der Waals surface area contributed by atoms with Gasteiger partial charge in [-0.3, -0.25) is 0 Å². The largest absolute Gasteiger partial charge is 0.507 e. The third-order valence-corrected chi connectivity index (χ3v) is 6.87.